The molecule has 0 unspecified atom stereocenters. The molecule has 0 saturated carbocycles. The van der Waals surface area contributed by atoms with Crippen molar-refractivity contribution in [1.29, 1.82) is 0 Å². The molecule has 34 heavy (non-hydrogen) atoms. The molecule has 2 heterocycles. The van der Waals surface area contributed by atoms with Crippen LogP contribution in [0.2, 0.25) is 5.02 Å². The maximum atomic E-state index is 13.2. The van der Waals surface area contributed by atoms with Crippen LogP contribution in [-0.2, 0) is 21.2 Å². The topological polar surface area (TPSA) is 76.2 Å². The number of nitrogens with zero attached hydrogens (tertiary/aromatic N) is 2. The Balaban J connectivity index is 1.27. The van der Waals surface area contributed by atoms with E-state index in [9.17, 15) is 13.2 Å². The van der Waals surface area contributed by atoms with Crippen molar-refractivity contribution in [2.45, 2.75) is 38.0 Å². The third kappa shape index (κ3) is 5.50. The van der Waals surface area contributed by atoms with Gasteiger partial charge in [0.05, 0.1) is 18.1 Å². The number of benzene rings is 2. The zero-order chi connectivity index (χ0) is 24.3. The maximum absolute atomic E-state index is 13.2. The molecule has 1 saturated heterocycles. The van der Waals surface area contributed by atoms with Crippen molar-refractivity contribution < 1.29 is 22.7 Å². The Labute approximate surface area is 206 Å². The Kier molecular flexibility index (Phi) is 7.40. The average Bonchev–Trinajstić information content (AvgIpc) is 3.30. The third-order valence-corrected chi connectivity index (χ3v) is 8.58. The molecule has 0 aliphatic carbocycles. The van der Waals surface area contributed by atoms with Crippen LogP contribution in [0.3, 0.4) is 0 Å². The lowest BCUT2D eigenvalue weighted by atomic mass is 9.86. The van der Waals surface area contributed by atoms with E-state index < -0.39 is 15.4 Å². The molecule has 0 bridgehead atoms. The van der Waals surface area contributed by atoms with Crippen molar-refractivity contribution in [3.8, 4) is 11.5 Å². The van der Waals surface area contributed by atoms with Gasteiger partial charge in [-0.15, -0.1) is 0 Å². The molecule has 2 aromatic rings. The van der Waals surface area contributed by atoms with Gasteiger partial charge in [0.15, 0.2) is 0 Å². The van der Waals surface area contributed by atoms with E-state index in [-0.39, 0.29) is 23.9 Å². The van der Waals surface area contributed by atoms with E-state index in [0.717, 1.165) is 29.9 Å². The van der Waals surface area contributed by atoms with Crippen LogP contribution in [-0.4, -0.2) is 62.9 Å². The van der Waals surface area contributed by atoms with Gasteiger partial charge < -0.3 is 14.4 Å². The number of carbonyl (C=O) groups excluding carboxylic acids is 1. The summed E-state index contributed by atoms with van der Waals surface area (Å²) in [6, 6.07) is 12.3. The van der Waals surface area contributed by atoms with E-state index in [1.54, 1.807) is 35.2 Å². The van der Waals surface area contributed by atoms with Crippen molar-refractivity contribution in [3.05, 3.63) is 53.1 Å². The maximum Gasteiger partial charge on any atom is 0.243 e. The fraction of sp³-hybridized carbons (Fsp3) is 0.480. The Morgan fingerprint density at radius 2 is 1.79 bits per heavy atom. The zero-order valence-corrected chi connectivity index (χ0v) is 21.2. The molecular weight excluding hydrogens is 476 g/mol. The van der Waals surface area contributed by atoms with Gasteiger partial charge in [0, 0.05) is 43.0 Å². The normalized spacial score (nSPS) is 16.7. The first kappa shape index (κ1) is 24.8. The van der Waals surface area contributed by atoms with Gasteiger partial charge in [0.25, 0.3) is 0 Å². The zero-order valence-electron chi connectivity index (χ0n) is 19.6. The lowest BCUT2D eigenvalue weighted by Crippen LogP contribution is -2.53. The first-order valence-electron chi connectivity index (χ1n) is 11.6. The number of hydrogen-bond donors (Lipinski definition) is 0. The molecule has 2 aliphatic heterocycles. The van der Waals surface area contributed by atoms with Crippen molar-refractivity contribution in [1.82, 2.24) is 9.21 Å². The Morgan fingerprint density at radius 1 is 1.09 bits per heavy atom. The van der Waals surface area contributed by atoms with Gasteiger partial charge in [0.2, 0.25) is 15.9 Å². The fourth-order valence-electron chi connectivity index (χ4n) is 4.37. The quantitative estimate of drug-likeness (QED) is 0.506. The third-order valence-electron chi connectivity index (χ3n) is 6.43. The number of halogens is 1. The molecule has 0 spiro atoms. The lowest BCUT2D eigenvalue weighted by Gasteiger charge is -2.38. The summed E-state index contributed by atoms with van der Waals surface area (Å²) in [5, 5.41) is 0.661. The average molecular weight is 507 g/mol. The molecule has 1 fully saturated rings. The number of amides is 1. The second-order valence-electron chi connectivity index (χ2n) is 9.35. The second kappa shape index (κ2) is 10.1. The molecule has 2 aromatic carbocycles. The van der Waals surface area contributed by atoms with E-state index in [4.69, 9.17) is 21.1 Å². The highest BCUT2D eigenvalue weighted by molar-refractivity contribution is 7.89. The molecule has 0 aromatic heterocycles. The summed E-state index contributed by atoms with van der Waals surface area (Å²) in [6.07, 6.45) is 2.13. The van der Waals surface area contributed by atoms with Gasteiger partial charge in [-0.1, -0.05) is 25.4 Å². The number of sulfonamides is 1. The van der Waals surface area contributed by atoms with Crippen molar-refractivity contribution in [2.24, 2.45) is 5.41 Å². The highest BCUT2D eigenvalue weighted by Crippen LogP contribution is 2.30. The predicted molar refractivity (Wildman–Crippen MR) is 131 cm³/mol. The van der Waals surface area contributed by atoms with E-state index in [1.807, 2.05) is 26.0 Å². The number of fused-ring (bicyclic) bond motifs is 1. The van der Waals surface area contributed by atoms with Crippen LogP contribution < -0.4 is 9.47 Å². The molecule has 7 nitrogen and oxygen atoms in total. The first-order chi connectivity index (χ1) is 16.2. The highest BCUT2D eigenvalue weighted by atomic mass is 35.5. The minimum absolute atomic E-state index is 0.0470. The Morgan fingerprint density at radius 3 is 2.50 bits per heavy atom. The predicted octanol–water partition coefficient (Wildman–Crippen LogP) is 3.99. The van der Waals surface area contributed by atoms with Crippen molar-refractivity contribution in [3.63, 3.8) is 0 Å². The number of piperazine rings is 1. The van der Waals surface area contributed by atoms with E-state index in [2.05, 4.69) is 0 Å². The van der Waals surface area contributed by atoms with Crippen LogP contribution in [0, 0.1) is 5.41 Å². The SMILES string of the molecule is CC(C)(CCCOc1ccc(Cl)cc1)C(=O)N1CCN(S(=O)(=O)c2ccc3c(c2)CCO3)CC1. The number of carbonyl (C=O) groups is 1. The summed E-state index contributed by atoms with van der Waals surface area (Å²) < 4.78 is 39.0. The smallest absolute Gasteiger partial charge is 0.243 e. The van der Waals surface area contributed by atoms with Crippen molar-refractivity contribution >= 4 is 27.5 Å². The lowest BCUT2D eigenvalue weighted by molar-refractivity contribution is -0.142. The van der Waals surface area contributed by atoms with E-state index in [0.29, 0.717) is 37.7 Å². The molecule has 0 atom stereocenters. The molecule has 0 radical (unpaired) electrons. The summed E-state index contributed by atoms with van der Waals surface area (Å²) in [4.78, 5) is 15.2. The first-order valence-corrected chi connectivity index (χ1v) is 13.4. The number of hydrogen-bond acceptors (Lipinski definition) is 5. The number of rotatable bonds is 8. The van der Waals surface area contributed by atoms with Crippen LogP contribution >= 0.6 is 11.6 Å². The molecule has 2 aliphatic rings. The minimum atomic E-state index is -3.60. The molecule has 184 valence electrons. The monoisotopic (exact) mass is 506 g/mol. The van der Waals surface area contributed by atoms with Crippen LogP contribution in [0.4, 0.5) is 0 Å². The molecular formula is C25H31ClN2O5S. The summed E-state index contributed by atoms with van der Waals surface area (Å²) in [7, 11) is -3.60. The summed E-state index contributed by atoms with van der Waals surface area (Å²) in [6.45, 7) is 6.32. The Bertz CT molecular complexity index is 1130. The van der Waals surface area contributed by atoms with Gasteiger partial charge in [-0.3, -0.25) is 4.79 Å². The van der Waals surface area contributed by atoms with Crippen LogP contribution in [0.1, 0.15) is 32.3 Å². The van der Waals surface area contributed by atoms with E-state index in [1.165, 1.54) is 4.31 Å². The molecule has 9 heteroatoms. The van der Waals surface area contributed by atoms with Gasteiger partial charge in [-0.05, 0) is 60.9 Å². The number of ether oxygens (including phenoxy) is 2. The minimum Gasteiger partial charge on any atom is -0.494 e. The van der Waals surface area contributed by atoms with Gasteiger partial charge in [-0.2, -0.15) is 4.31 Å². The van der Waals surface area contributed by atoms with Crippen LogP contribution in [0.5, 0.6) is 11.5 Å². The second-order valence-corrected chi connectivity index (χ2v) is 11.7. The van der Waals surface area contributed by atoms with Crippen LogP contribution in [0.15, 0.2) is 47.4 Å². The molecule has 0 N–H and O–H groups in total. The van der Waals surface area contributed by atoms with E-state index >= 15 is 0 Å². The summed E-state index contributed by atoms with van der Waals surface area (Å²) in [5.74, 6) is 1.56. The summed E-state index contributed by atoms with van der Waals surface area (Å²) >= 11 is 5.89. The van der Waals surface area contributed by atoms with Gasteiger partial charge >= 0.3 is 0 Å². The van der Waals surface area contributed by atoms with Crippen LogP contribution in [0.25, 0.3) is 0 Å². The summed E-state index contributed by atoms with van der Waals surface area (Å²) in [5.41, 5.74) is 0.376. The largest absolute Gasteiger partial charge is 0.494 e. The van der Waals surface area contributed by atoms with Gasteiger partial charge in [-0.25, -0.2) is 8.42 Å². The molecule has 4 rings (SSSR count). The van der Waals surface area contributed by atoms with Gasteiger partial charge in [0.1, 0.15) is 11.5 Å². The standard InChI is InChI=1S/C25H31ClN2O5S/c1-25(2,11-3-16-32-21-6-4-20(26)5-7-21)24(29)27-12-14-28(15-13-27)34(30,31)22-8-9-23-19(18-22)10-17-33-23/h4-9,18H,3,10-17H2,1-2H3. The fourth-order valence-corrected chi connectivity index (χ4v) is 5.97. The molecule has 1 amide bonds. The highest BCUT2D eigenvalue weighted by Gasteiger charge is 2.36. The Hall–Kier alpha value is -2.29. The van der Waals surface area contributed by atoms with Crippen molar-refractivity contribution in [2.75, 3.05) is 39.4 Å².